The quantitative estimate of drug-likeness (QED) is 0.435. The Labute approximate surface area is 181 Å². The second-order valence-electron chi connectivity index (χ2n) is 6.94. The number of ether oxygens (including phenoxy) is 1. The number of hydrogen-bond acceptors (Lipinski definition) is 6. The summed E-state index contributed by atoms with van der Waals surface area (Å²) < 4.78 is 86.3. The number of pyridine rings is 1. The fourth-order valence-electron chi connectivity index (χ4n) is 3.34. The van der Waals surface area contributed by atoms with Gasteiger partial charge in [-0.25, -0.2) is 15.0 Å². The summed E-state index contributed by atoms with van der Waals surface area (Å²) in [6.45, 7) is 1.33. The number of halogens is 6. The maximum atomic E-state index is 13.4. The molecule has 0 aliphatic rings. The van der Waals surface area contributed by atoms with Crippen LogP contribution in [-0.4, -0.2) is 31.7 Å². The lowest BCUT2D eigenvalue weighted by Crippen LogP contribution is -2.10. The predicted molar refractivity (Wildman–Crippen MR) is 105 cm³/mol. The highest BCUT2D eigenvalue weighted by Gasteiger charge is 2.38. The Morgan fingerprint density at radius 3 is 2.27 bits per heavy atom. The van der Waals surface area contributed by atoms with E-state index < -0.39 is 35.5 Å². The van der Waals surface area contributed by atoms with Crippen molar-refractivity contribution in [3.63, 3.8) is 0 Å². The van der Waals surface area contributed by atoms with Crippen LogP contribution in [0.2, 0.25) is 0 Å². The summed E-state index contributed by atoms with van der Waals surface area (Å²) >= 11 is 0. The molecule has 0 saturated carbocycles. The monoisotopic (exact) mass is 468 g/mol. The average Bonchev–Trinajstić information content (AvgIpc) is 3.19. The van der Waals surface area contributed by atoms with Gasteiger partial charge in [-0.05, 0) is 36.8 Å². The van der Waals surface area contributed by atoms with E-state index in [1.54, 1.807) is 24.3 Å². The van der Waals surface area contributed by atoms with Crippen LogP contribution in [0.25, 0.3) is 28.0 Å². The van der Waals surface area contributed by atoms with E-state index in [4.69, 9.17) is 10.5 Å². The molecule has 172 valence electrons. The van der Waals surface area contributed by atoms with E-state index in [1.807, 2.05) is 0 Å². The third-order valence-electron chi connectivity index (χ3n) is 4.66. The van der Waals surface area contributed by atoms with E-state index >= 15 is 0 Å². The van der Waals surface area contributed by atoms with Crippen molar-refractivity contribution in [2.75, 3.05) is 12.8 Å². The number of aromatic nitrogens is 5. The molecule has 0 saturated heterocycles. The molecule has 0 bridgehead atoms. The van der Waals surface area contributed by atoms with Crippen molar-refractivity contribution < 1.29 is 31.1 Å². The lowest BCUT2D eigenvalue weighted by atomic mass is 9.98. The van der Waals surface area contributed by atoms with Gasteiger partial charge in [-0.3, -0.25) is 0 Å². The molecular formula is C20H14F6N6O. The molecule has 0 aliphatic heterocycles. The van der Waals surface area contributed by atoms with Gasteiger partial charge < -0.3 is 10.5 Å². The molecule has 0 spiro atoms. The SMILES string of the molecule is COc1ccccc1-c1nc(N)n2nc(C(F)(F)F)nc2c1-c1cc(C)nc(C(F)(F)F)c1. The van der Waals surface area contributed by atoms with Crippen LogP contribution in [0.5, 0.6) is 5.75 Å². The van der Waals surface area contributed by atoms with Crippen LogP contribution in [0.4, 0.5) is 32.3 Å². The third-order valence-corrected chi connectivity index (χ3v) is 4.66. The number of alkyl halides is 6. The van der Waals surface area contributed by atoms with Gasteiger partial charge in [0.1, 0.15) is 11.4 Å². The predicted octanol–water partition coefficient (Wildman–Crippen LogP) is 4.79. The molecule has 0 atom stereocenters. The van der Waals surface area contributed by atoms with Crippen molar-refractivity contribution in [3.8, 4) is 28.1 Å². The second-order valence-corrected chi connectivity index (χ2v) is 6.94. The topological polar surface area (TPSA) is 91.2 Å². The number of benzene rings is 1. The Hall–Kier alpha value is -3.90. The molecule has 2 N–H and O–H groups in total. The molecule has 33 heavy (non-hydrogen) atoms. The normalized spacial score (nSPS) is 12.4. The molecule has 0 unspecified atom stereocenters. The molecule has 7 nitrogen and oxygen atoms in total. The van der Waals surface area contributed by atoms with Gasteiger partial charge in [0, 0.05) is 11.3 Å². The van der Waals surface area contributed by atoms with E-state index in [9.17, 15) is 26.3 Å². The first-order valence-corrected chi connectivity index (χ1v) is 9.23. The molecule has 0 amide bonds. The van der Waals surface area contributed by atoms with Crippen LogP contribution >= 0.6 is 0 Å². The minimum Gasteiger partial charge on any atom is -0.496 e. The second kappa shape index (κ2) is 7.60. The van der Waals surface area contributed by atoms with Crippen molar-refractivity contribution in [1.29, 1.82) is 0 Å². The minimum absolute atomic E-state index is 0.0173. The summed E-state index contributed by atoms with van der Waals surface area (Å²) in [4.78, 5) is 11.2. The Balaban J connectivity index is 2.16. The van der Waals surface area contributed by atoms with Crippen molar-refractivity contribution in [1.82, 2.24) is 24.6 Å². The van der Waals surface area contributed by atoms with E-state index in [0.29, 0.717) is 10.6 Å². The largest absolute Gasteiger partial charge is 0.496 e. The summed E-state index contributed by atoms with van der Waals surface area (Å²) in [5.41, 5.74) is 4.19. The first kappa shape index (κ1) is 22.3. The van der Waals surface area contributed by atoms with Gasteiger partial charge >= 0.3 is 12.4 Å². The highest BCUT2D eigenvalue weighted by molar-refractivity contribution is 5.92. The molecule has 3 aromatic heterocycles. The first-order valence-electron chi connectivity index (χ1n) is 9.23. The molecule has 1 aromatic carbocycles. The fourth-order valence-corrected chi connectivity index (χ4v) is 3.34. The molecular weight excluding hydrogens is 454 g/mol. The molecule has 0 aliphatic carbocycles. The molecule has 3 heterocycles. The maximum absolute atomic E-state index is 13.4. The Morgan fingerprint density at radius 2 is 1.64 bits per heavy atom. The van der Waals surface area contributed by atoms with Crippen LogP contribution in [0.15, 0.2) is 36.4 Å². The van der Waals surface area contributed by atoms with Crippen LogP contribution < -0.4 is 10.5 Å². The van der Waals surface area contributed by atoms with Gasteiger partial charge in [-0.2, -0.15) is 30.9 Å². The third kappa shape index (κ3) is 4.01. The minimum atomic E-state index is -4.92. The van der Waals surface area contributed by atoms with Gasteiger partial charge in [-0.15, -0.1) is 5.10 Å². The van der Waals surface area contributed by atoms with Gasteiger partial charge in [-0.1, -0.05) is 12.1 Å². The summed E-state index contributed by atoms with van der Waals surface area (Å²) in [5, 5.41) is 3.36. The highest BCUT2D eigenvalue weighted by atomic mass is 19.4. The van der Waals surface area contributed by atoms with E-state index in [0.717, 1.165) is 0 Å². The molecule has 0 radical (unpaired) electrons. The van der Waals surface area contributed by atoms with Crippen LogP contribution in [-0.2, 0) is 12.4 Å². The summed E-state index contributed by atoms with van der Waals surface area (Å²) in [6, 6.07) is 8.34. The zero-order valence-corrected chi connectivity index (χ0v) is 17.0. The summed E-state index contributed by atoms with van der Waals surface area (Å²) in [7, 11) is 1.36. The summed E-state index contributed by atoms with van der Waals surface area (Å²) in [6.07, 6.45) is -9.72. The average molecular weight is 468 g/mol. The van der Waals surface area contributed by atoms with Gasteiger partial charge in [0.25, 0.3) is 5.82 Å². The molecule has 4 aromatic rings. The fraction of sp³-hybridized carbons (Fsp3) is 0.200. The number of para-hydroxylation sites is 1. The molecule has 13 heteroatoms. The first-order chi connectivity index (χ1) is 15.4. The lowest BCUT2D eigenvalue weighted by Gasteiger charge is -2.16. The van der Waals surface area contributed by atoms with Crippen molar-refractivity contribution >= 4 is 11.6 Å². The zero-order valence-electron chi connectivity index (χ0n) is 17.0. The number of hydrogen-bond donors (Lipinski definition) is 1. The van der Waals surface area contributed by atoms with Gasteiger partial charge in [0.05, 0.1) is 18.4 Å². The van der Waals surface area contributed by atoms with Crippen molar-refractivity contribution in [3.05, 3.63) is 53.6 Å². The Kier molecular flexibility index (Phi) is 5.14. The number of fused-ring (bicyclic) bond motifs is 1. The number of methoxy groups -OCH3 is 1. The van der Waals surface area contributed by atoms with E-state index in [2.05, 4.69) is 20.1 Å². The highest BCUT2D eigenvalue weighted by Crippen LogP contribution is 2.41. The van der Waals surface area contributed by atoms with Crippen LogP contribution in [0.1, 0.15) is 17.2 Å². The van der Waals surface area contributed by atoms with Gasteiger partial charge in [0.2, 0.25) is 5.95 Å². The van der Waals surface area contributed by atoms with E-state index in [-0.39, 0.29) is 33.8 Å². The molecule has 4 rings (SSSR count). The zero-order chi connectivity index (χ0) is 24.1. The number of nitrogen functional groups attached to an aromatic ring is 1. The van der Waals surface area contributed by atoms with E-state index in [1.165, 1.54) is 20.1 Å². The molecule has 0 fully saturated rings. The Morgan fingerprint density at radius 1 is 0.939 bits per heavy atom. The number of anilines is 1. The van der Waals surface area contributed by atoms with Crippen LogP contribution in [0, 0.1) is 6.92 Å². The van der Waals surface area contributed by atoms with Crippen LogP contribution in [0.3, 0.4) is 0 Å². The number of nitrogens with zero attached hydrogens (tertiary/aromatic N) is 5. The number of rotatable bonds is 3. The van der Waals surface area contributed by atoms with Crippen molar-refractivity contribution in [2.45, 2.75) is 19.3 Å². The standard InChI is InChI=1S/C20H14F6N6O/c1-9-7-10(8-13(28-9)19(21,22)23)14-15(11-5-3-4-6-12(11)33-2)29-18(27)32-16(14)30-17(31-32)20(24,25)26/h3-8H,1-2H3,(H2,27,29). The number of aryl methyl sites for hydroxylation is 1. The smallest absolute Gasteiger partial charge is 0.453 e. The Bertz CT molecular complexity index is 1360. The maximum Gasteiger partial charge on any atom is 0.453 e. The number of nitrogens with two attached hydrogens (primary N) is 1. The lowest BCUT2D eigenvalue weighted by molar-refractivity contribution is -0.144. The van der Waals surface area contributed by atoms with Gasteiger partial charge in [0.15, 0.2) is 5.65 Å². The summed E-state index contributed by atoms with van der Waals surface area (Å²) in [5.74, 6) is -1.69. The van der Waals surface area contributed by atoms with Crippen molar-refractivity contribution in [2.24, 2.45) is 0 Å².